The van der Waals surface area contributed by atoms with Gasteiger partial charge in [0.25, 0.3) is 5.91 Å². The van der Waals surface area contributed by atoms with E-state index in [4.69, 9.17) is 16.0 Å². The number of benzene rings is 1. The molecule has 10 heteroatoms. The lowest BCUT2D eigenvalue weighted by atomic mass is 10.2. The summed E-state index contributed by atoms with van der Waals surface area (Å²) in [4.78, 5) is 28.0. The van der Waals surface area contributed by atoms with Crippen molar-refractivity contribution in [2.75, 3.05) is 38.0 Å². The quantitative estimate of drug-likeness (QED) is 0.805. The number of aryl methyl sites for hydroxylation is 1. The Hall–Kier alpha value is -2.52. The van der Waals surface area contributed by atoms with E-state index in [2.05, 4.69) is 5.32 Å². The molecule has 1 fully saturated rings. The van der Waals surface area contributed by atoms with E-state index in [0.29, 0.717) is 31.9 Å². The Morgan fingerprint density at radius 3 is 2.41 bits per heavy atom. The molecular formula is C19H19ClF3N3O3. The van der Waals surface area contributed by atoms with E-state index in [9.17, 15) is 22.8 Å². The van der Waals surface area contributed by atoms with Crippen LogP contribution in [0.4, 0.5) is 18.9 Å². The van der Waals surface area contributed by atoms with Crippen LogP contribution < -0.4 is 5.32 Å². The van der Waals surface area contributed by atoms with Crippen LogP contribution in [-0.2, 0) is 11.0 Å². The molecule has 2 aromatic rings. The predicted molar refractivity (Wildman–Crippen MR) is 101 cm³/mol. The summed E-state index contributed by atoms with van der Waals surface area (Å²) in [5.74, 6) is 0.279. The van der Waals surface area contributed by atoms with Gasteiger partial charge in [-0.3, -0.25) is 14.5 Å². The van der Waals surface area contributed by atoms with Gasteiger partial charge in [-0.2, -0.15) is 13.2 Å². The Bertz CT molecular complexity index is 906. The molecule has 6 nitrogen and oxygen atoms in total. The fraction of sp³-hybridized carbons (Fsp3) is 0.368. The molecule has 0 saturated carbocycles. The molecule has 2 amide bonds. The molecule has 29 heavy (non-hydrogen) atoms. The van der Waals surface area contributed by atoms with Crippen molar-refractivity contribution in [2.24, 2.45) is 0 Å². The molecule has 0 radical (unpaired) electrons. The average molecular weight is 430 g/mol. The zero-order chi connectivity index (χ0) is 21.2. The lowest BCUT2D eigenvalue weighted by molar-refractivity contribution is -0.137. The molecular weight excluding hydrogens is 411 g/mol. The first-order valence-corrected chi connectivity index (χ1v) is 9.26. The van der Waals surface area contributed by atoms with Crippen LogP contribution in [0.5, 0.6) is 0 Å². The number of furan rings is 1. The van der Waals surface area contributed by atoms with Crippen LogP contribution in [-0.4, -0.2) is 54.3 Å². The number of carbonyl (C=O) groups excluding carboxylic acids is 2. The highest BCUT2D eigenvalue weighted by Gasteiger charge is 2.33. The van der Waals surface area contributed by atoms with Gasteiger partial charge in [0.1, 0.15) is 5.76 Å². The molecule has 1 aromatic heterocycles. The SMILES string of the molecule is Cc1ccc(C(=O)N2CCN(CC(=O)Nc3ccc(Cl)c(C(F)(F)F)c3)CC2)o1. The number of alkyl halides is 3. The van der Waals surface area contributed by atoms with Gasteiger partial charge in [-0.1, -0.05) is 11.6 Å². The topological polar surface area (TPSA) is 65.8 Å². The maximum atomic E-state index is 12.9. The number of nitrogens with zero attached hydrogens (tertiary/aromatic N) is 2. The molecule has 0 bridgehead atoms. The predicted octanol–water partition coefficient (Wildman–Crippen LogP) is 3.66. The van der Waals surface area contributed by atoms with Crippen molar-refractivity contribution in [2.45, 2.75) is 13.1 Å². The number of rotatable bonds is 4. The van der Waals surface area contributed by atoms with Crippen LogP contribution in [0, 0.1) is 6.92 Å². The number of piperazine rings is 1. The maximum Gasteiger partial charge on any atom is 0.417 e. The number of carbonyl (C=O) groups is 2. The highest BCUT2D eigenvalue weighted by atomic mass is 35.5. The number of anilines is 1. The van der Waals surface area contributed by atoms with Crippen LogP contribution >= 0.6 is 11.6 Å². The number of hydrogen-bond acceptors (Lipinski definition) is 4. The minimum atomic E-state index is -4.60. The van der Waals surface area contributed by atoms with Crippen molar-refractivity contribution in [3.63, 3.8) is 0 Å². The maximum absolute atomic E-state index is 12.9. The fourth-order valence-corrected chi connectivity index (χ4v) is 3.26. The highest BCUT2D eigenvalue weighted by Crippen LogP contribution is 2.36. The van der Waals surface area contributed by atoms with Crippen molar-refractivity contribution in [1.82, 2.24) is 9.80 Å². The summed E-state index contributed by atoms with van der Waals surface area (Å²) in [5, 5.41) is 2.03. The average Bonchev–Trinajstić information content (AvgIpc) is 3.09. The zero-order valence-corrected chi connectivity index (χ0v) is 16.3. The third kappa shape index (κ3) is 5.30. The van der Waals surface area contributed by atoms with Crippen molar-refractivity contribution >= 4 is 29.1 Å². The zero-order valence-electron chi connectivity index (χ0n) is 15.6. The van der Waals surface area contributed by atoms with Crippen molar-refractivity contribution in [3.8, 4) is 0 Å². The van der Waals surface area contributed by atoms with E-state index in [-0.39, 0.29) is 23.9 Å². The largest absolute Gasteiger partial charge is 0.456 e. The highest BCUT2D eigenvalue weighted by molar-refractivity contribution is 6.31. The molecule has 1 aromatic carbocycles. The number of amides is 2. The van der Waals surface area contributed by atoms with Crippen molar-refractivity contribution in [1.29, 1.82) is 0 Å². The second-order valence-electron chi connectivity index (χ2n) is 6.72. The summed E-state index contributed by atoms with van der Waals surface area (Å²) in [6.07, 6.45) is -4.60. The molecule has 1 aliphatic heterocycles. The summed E-state index contributed by atoms with van der Waals surface area (Å²) >= 11 is 5.58. The van der Waals surface area contributed by atoms with Gasteiger partial charge in [-0.15, -0.1) is 0 Å². The summed E-state index contributed by atoms with van der Waals surface area (Å²) < 4.78 is 44.1. The van der Waals surface area contributed by atoms with Gasteiger partial charge in [0.2, 0.25) is 5.91 Å². The van der Waals surface area contributed by atoms with E-state index < -0.39 is 22.7 Å². The number of nitrogens with one attached hydrogen (secondary N) is 1. The Kier molecular flexibility index (Phi) is 6.18. The third-order valence-electron chi connectivity index (χ3n) is 4.53. The first-order chi connectivity index (χ1) is 13.6. The smallest absolute Gasteiger partial charge is 0.417 e. The number of hydrogen-bond donors (Lipinski definition) is 1. The summed E-state index contributed by atoms with van der Waals surface area (Å²) in [5.41, 5.74) is -0.981. The van der Waals surface area contributed by atoms with Crippen molar-refractivity contribution < 1.29 is 27.2 Å². The lowest BCUT2D eigenvalue weighted by Gasteiger charge is -2.33. The molecule has 1 saturated heterocycles. The van der Waals surface area contributed by atoms with E-state index in [0.717, 1.165) is 12.1 Å². The van der Waals surface area contributed by atoms with Gasteiger partial charge in [0.15, 0.2) is 5.76 Å². The Morgan fingerprint density at radius 1 is 1.14 bits per heavy atom. The van der Waals surface area contributed by atoms with E-state index >= 15 is 0 Å². The second kappa shape index (κ2) is 8.46. The molecule has 0 spiro atoms. The summed E-state index contributed by atoms with van der Waals surface area (Å²) in [6.45, 7) is 3.54. The fourth-order valence-electron chi connectivity index (χ4n) is 3.04. The van der Waals surface area contributed by atoms with Crippen LogP contribution in [0.2, 0.25) is 5.02 Å². The standard InChI is InChI=1S/C19H19ClF3N3O3/c1-12-2-5-16(29-12)18(28)26-8-6-25(7-9-26)11-17(27)24-13-3-4-15(20)14(10-13)19(21,22)23/h2-5,10H,6-9,11H2,1H3,(H,24,27). The Labute approximate surface area is 170 Å². The molecule has 0 unspecified atom stereocenters. The lowest BCUT2D eigenvalue weighted by Crippen LogP contribution is -2.50. The van der Waals surface area contributed by atoms with Gasteiger partial charge in [-0.05, 0) is 37.3 Å². The minimum Gasteiger partial charge on any atom is -0.456 e. The van der Waals surface area contributed by atoms with Crippen LogP contribution in [0.25, 0.3) is 0 Å². The minimum absolute atomic E-state index is 0.00582. The molecule has 1 N–H and O–H groups in total. The molecule has 1 aliphatic rings. The molecule has 2 heterocycles. The monoisotopic (exact) mass is 429 g/mol. The Morgan fingerprint density at radius 2 is 1.83 bits per heavy atom. The van der Waals surface area contributed by atoms with E-state index in [1.54, 1.807) is 24.0 Å². The van der Waals surface area contributed by atoms with Gasteiger partial charge in [-0.25, -0.2) is 0 Å². The normalized spacial score (nSPS) is 15.4. The van der Waals surface area contributed by atoms with Crippen molar-refractivity contribution in [3.05, 3.63) is 52.4 Å². The van der Waals surface area contributed by atoms with Crippen LogP contribution in [0.1, 0.15) is 21.9 Å². The second-order valence-corrected chi connectivity index (χ2v) is 7.13. The third-order valence-corrected chi connectivity index (χ3v) is 4.86. The summed E-state index contributed by atoms with van der Waals surface area (Å²) in [6, 6.07) is 6.56. The van der Waals surface area contributed by atoms with Gasteiger partial charge in [0, 0.05) is 31.9 Å². The van der Waals surface area contributed by atoms with E-state index in [1.165, 1.54) is 6.07 Å². The van der Waals surface area contributed by atoms with E-state index in [1.807, 2.05) is 4.90 Å². The molecule has 3 rings (SSSR count). The Balaban J connectivity index is 1.52. The van der Waals surface area contributed by atoms with Gasteiger partial charge >= 0.3 is 6.18 Å². The van der Waals surface area contributed by atoms with Crippen LogP contribution in [0.3, 0.4) is 0 Å². The molecule has 0 aliphatic carbocycles. The molecule has 156 valence electrons. The first-order valence-electron chi connectivity index (χ1n) is 8.88. The summed E-state index contributed by atoms with van der Waals surface area (Å²) in [7, 11) is 0. The number of halogens is 4. The first kappa shape index (κ1) is 21.2. The van der Waals surface area contributed by atoms with Crippen LogP contribution in [0.15, 0.2) is 34.7 Å². The van der Waals surface area contributed by atoms with Gasteiger partial charge in [0.05, 0.1) is 17.1 Å². The van der Waals surface area contributed by atoms with Gasteiger partial charge < -0.3 is 14.6 Å². The molecule has 0 atom stereocenters.